The Kier molecular flexibility index (Phi) is 4.62. The number of methoxy groups -OCH3 is 1. The smallest absolute Gasteiger partial charge is 0.249 e. The zero-order valence-electron chi connectivity index (χ0n) is 11.5. The van der Waals surface area contributed by atoms with Gasteiger partial charge in [0.15, 0.2) is 0 Å². The Labute approximate surface area is 123 Å². The third-order valence-corrected chi connectivity index (χ3v) is 3.53. The van der Waals surface area contributed by atoms with Crippen LogP contribution in [0, 0.1) is 0 Å². The van der Waals surface area contributed by atoms with Gasteiger partial charge in [-0.1, -0.05) is 17.7 Å². The number of anilines is 1. The number of carbonyl (C=O) groups excluding carboxylic acids is 2. The summed E-state index contributed by atoms with van der Waals surface area (Å²) in [6.45, 7) is 2.43. The minimum absolute atomic E-state index is 0.00517. The topological polar surface area (TPSA) is 49.9 Å². The molecule has 5 nitrogen and oxygen atoms in total. The molecular formula is C14H17ClN2O3. The minimum Gasteiger partial charge on any atom is -0.375 e. The van der Waals surface area contributed by atoms with E-state index in [9.17, 15) is 9.59 Å². The predicted molar refractivity (Wildman–Crippen MR) is 76.9 cm³/mol. The van der Waals surface area contributed by atoms with Gasteiger partial charge in [-0.05, 0) is 25.1 Å². The van der Waals surface area contributed by atoms with Crippen LogP contribution in [0.15, 0.2) is 24.3 Å². The molecule has 1 fully saturated rings. The van der Waals surface area contributed by atoms with Crippen molar-refractivity contribution in [1.29, 1.82) is 0 Å². The summed E-state index contributed by atoms with van der Waals surface area (Å²) in [4.78, 5) is 27.3. The van der Waals surface area contributed by atoms with Crippen molar-refractivity contribution in [2.75, 3.05) is 31.7 Å². The number of carbonyl (C=O) groups is 2. The lowest BCUT2D eigenvalue weighted by atomic mass is 10.1. The van der Waals surface area contributed by atoms with Crippen molar-refractivity contribution in [3.8, 4) is 0 Å². The van der Waals surface area contributed by atoms with Crippen LogP contribution in [-0.2, 0) is 14.3 Å². The number of amides is 2. The van der Waals surface area contributed by atoms with E-state index in [0.717, 1.165) is 5.69 Å². The number of nitrogens with zero attached hydrogens (tertiary/aromatic N) is 2. The fourth-order valence-corrected chi connectivity index (χ4v) is 2.47. The molecule has 20 heavy (non-hydrogen) atoms. The summed E-state index contributed by atoms with van der Waals surface area (Å²) in [5.41, 5.74) is 0.758. The van der Waals surface area contributed by atoms with E-state index in [2.05, 4.69) is 0 Å². The number of piperazine rings is 1. The highest BCUT2D eigenvalue weighted by molar-refractivity contribution is 6.30. The zero-order chi connectivity index (χ0) is 14.7. The highest BCUT2D eigenvalue weighted by Crippen LogP contribution is 2.23. The number of benzene rings is 1. The van der Waals surface area contributed by atoms with Gasteiger partial charge in [0.25, 0.3) is 0 Å². The second-order valence-electron chi connectivity index (χ2n) is 4.79. The number of hydrogen-bond donors (Lipinski definition) is 0. The van der Waals surface area contributed by atoms with Crippen molar-refractivity contribution in [2.45, 2.75) is 13.0 Å². The highest BCUT2D eigenvalue weighted by atomic mass is 35.5. The van der Waals surface area contributed by atoms with Crippen molar-refractivity contribution in [3.63, 3.8) is 0 Å². The molecular weight excluding hydrogens is 280 g/mol. The molecule has 0 spiro atoms. The molecule has 1 aromatic rings. The summed E-state index contributed by atoms with van der Waals surface area (Å²) in [6, 6.07) is 7.09. The van der Waals surface area contributed by atoms with Crippen LogP contribution in [0.4, 0.5) is 5.69 Å². The first kappa shape index (κ1) is 14.8. The molecule has 0 N–H and O–H groups in total. The van der Waals surface area contributed by atoms with Gasteiger partial charge in [0, 0.05) is 30.4 Å². The van der Waals surface area contributed by atoms with E-state index >= 15 is 0 Å². The third-order valence-electron chi connectivity index (χ3n) is 3.29. The summed E-state index contributed by atoms with van der Waals surface area (Å²) in [6.07, 6.45) is 0. The minimum atomic E-state index is -0.168. The monoisotopic (exact) mass is 296 g/mol. The second kappa shape index (κ2) is 6.24. The van der Waals surface area contributed by atoms with Gasteiger partial charge < -0.3 is 14.5 Å². The molecule has 1 aliphatic heterocycles. The van der Waals surface area contributed by atoms with Gasteiger partial charge in [-0.15, -0.1) is 0 Å². The van der Waals surface area contributed by atoms with Gasteiger partial charge in [-0.25, -0.2) is 0 Å². The molecule has 1 saturated heterocycles. The molecule has 1 atom stereocenters. The molecule has 108 valence electrons. The Morgan fingerprint density at radius 2 is 2.25 bits per heavy atom. The summed E-state index contributed by atoms with van der Waals surface area (Å²) < 4.78 is 4.83. The maximum atomic E-state index is 12.2. The Morgan fingerprint density at radius 1 is 1.50 bits per heavy atom. The van der Waals surface area contributed by atoms with Crippen LogP contribution in [-0.4, -0.2) is 49.6 Å². The summed E-state index contributed by atoms with van der Waals surface area (Å²) in [7, 11) is 1.46. The maximum Gasteiger partial charge on any atom is 0.249 e. The summed E-state index contributed by atoms with van der Waals surface area (Å²) >= 11 is 5.95. The number of ether oxygens (including phenoxy) is 1. The van der Waals surface area contributed by atoms with Crippen LogP contribution in [0.2, 0.25) is 5.02 Å². The lowest BCUT2D eigenvalue weighted by molar-refractivity contribution is -0.142. The Morgan fingerprint density at radius 3 is 2.90 bits per heavy atom. The van der Waals surface area contributed by atoms with Crippen LogP contribution in [0.25, 0.3) is 0 Å². The molecule has 1 heterocycles. The van der Waals surface area contributed by atoms with Gasteiger partial charge >= 0.3 is 0 Å². The first-order chi connectivity index (χ1) is 9.52. The largest absolute Gasteiger partial charge is 0.375 e. The molecule has 0 aromatic heterocycles. The summed E-state index contributed by atoms with van der Waals surface area (Å²) in [5.74, 6) is -0.283. The predicted octanol–water partition coefficient (Wildman–Crippen LogP) is 1.55. The molecule has 2 rings (SSSR count). The quantitative estimate of drug-likeness (QED) is 0.850. The van der Waals surface area contributed by atoms with Crippen LogP contribution < -0.4 is 4.90 Å². The van der Waals surface area contributed by atoms with E-state index in [-0.39, 0.29) is 31.0 Å². The maximum absolute atomic E-state index is 12.2. The third kappa shape index (κ3) is 3.11. The van der Waals surface area contributed by atoms with Gasteiger partial charge in [0.2, 0.25) is 11.8 Å². The van der Waals surface area contributed by atoms with E-state index in [0.29, 0.717) is 11.6 Å². The SMILES string of the molecule is COCC(=O)N1CC(=O)N(c2cccc(Cl)c2)CC1C. The number of halogens is 1. The fraction of sp³-hybridized carbons (Fsp3) is 0.429. The fourth-order valence-electron chi connectivity index (χ4n) is 2.29. The van der Waals surface area contributed by atoms with Crippen molar-refractivity contribution in [3.05, 3.63) is 29.3 Å². The van der Waals surface area contributed by atoms with E-state index in [1.165, 1.54) is 7.11 Å². The normalized spacial score (nSPS) is 19.4. The van der Waals surface area contributed by atoms with E-state index in [4.69, 9.17) is 16.3 Å². The van der Waals surface area contributed by atoms with Crippen LogP contribution in [0.1, 0.15) is 6.92 Å². The second-order valence-corrected chi connectivity index (χ2v) is 5.22. The highest BCUT2D eigenvalue weighted by Gasteiger charge is 2.32. The van der Waals surface area contributed by atoms with Crippen molar-refractivity contribution < 1.29 is 14.3 Å². The van der Waals surface area contributed by atoms with Gasteiger partial charge in [-0.3, -0.25) is 9.59 Å². The van der Waals surface area contributed by atoms with Gasteiger partial charge in [-0.2, -0.15) is 0 Å². The first-order valence-electron chi connectivity index (χ1n) is 6.37. The molecule has 6 heteroatoms. The molecule has 0 saturated carbocycles. The average molecular weight is 297 g/mol. The molecule has 2 amide bonds. The van der Waals surface area contributed by atoms with E-state index in [1.807, 2.05) is 13.0 Å². The molecule has 0 aliphatic carbocycles. The first-order valence-corrected chi connectivity index (χ1v) is 6.75. The zero-order valence-corrected chi connectivity index (χ0v) is 12.3. The summed E-state index contributed by atoms with van der Waals surface area (Å²) in [5, 5.41) is 0.584. The molecule has 1 aliphatic rings. The molecule has 1 aromatic carbocycles. The van der Waals surface area contributed by atoms with Crippen molar-refractivity contribution in [2.24, 2.45) is 0 Å². The Balaban J connectivity index is 2.14. The van der Waals surface area contributed by atoms with E-state index in [1.54, 1.807) is 28.0 Å². The molecule has 0 radical (unpaired) electrons. The average Bonchev–Trinajstić information content (AvgIpc) is 2.41. The van der Waals surface area contributed by atoms with Gasteiger partial charge in [0.05, 0.1) is 0 Å². The standard InChI is InChI=1S/C14H17ClN2O3/c1-10-7-17(12-5-3-4-11(15)6-12)13(18)8-16(10)14(19)9-20-2/h3-6,10H,7-9H2,1-2H3. The van der Waals surface area contributed by atoms with E-state index < -0.39 is 0 Å². The van der Waals surface area contributed by atoms with Crippen molar-refractivity contribution in [1.82, 2.24) is 4.90 Å². The Bertz CT molecular complexity index is 521. The lowest BCUT2D eigenvalue weighted by Crippen LogP contribution is -2.57. The molecule has 0 bridgehead atoms. The van der Waals surface area contributed by atoms with Crippen LogP contribution in [0.3, 0.4) is 0 Å². The molecule has 1 unspecified atom stereocenters. The number of rotatable bonds is 3. The van der Waals surface area contributed by atoms with Gasteiger partial charge in [0.1, 0.15) is 13.2 Å². The number of hydrogen-bond acceptors (Lipinski definition) is 3. The lowest BCUT2D eigenvalue weighted by Gasteiger charge is -2.39. The Hall–Kier alpha value is -1.59. The van der Waals surface area contributed by atoms with Crippen LogP contribution >= 0.6 is 11.6 Å². The van der Waals surface area contributed by atoms with Crippen molar-refractivity contribution >= 4 is 29.1 Å². The van der Waals surface area contributed by atoms with Crippen LogP contribution in [0.5, 0.6) is 0 Å².